The third-order valence-electron chi connectivity index (χ3n) is 3.90. The van der Waals surface area contributed by atoms with E-state index in [1.807, 2.05) is 0 Å². The number of nitrogens with zero attached hydrogens (tertiary/aromatic N) is 2. The highest BCUT2D eigenvalue weighted by atomic mass is 79.9. The van der Waals surface area contributed by atoms with E-state index in [-0.39, 0.29) is 5.91 Å². The minimum atomic E-state index is -0.409. The smallest absolute Gasteiger partial charge is 0.216 e. The highest BCUT2D eigenvalue weighted by Gasteiger charge is 2.11. The summed E-state index contributed by atoms with van der Waals surface area (Å²) in [5, 5.41) is 6.32. The van der Waals surface area contributed by atoms with Crippen LogP contribution in [0, 0.1) is 5.82 Å². The van der Waals surface area contributed by atoms with Crippen LogP contribution in [0.15, 0.2) is 41.1 Å². The van der Waals surface area contributed by atoms with Crippen molar-refractivity contribution < 1.29 is 13.9 Å². The molecule has 3 rings (SSSR count). The molecule has 0 aliphatic rings. The average Bonchev–Trinajstić information content (AvgIpc) is 2.64. The number of nitrogen functional groups attached to an aromatic ring is 1. The number of ether oxygens (including phenoxy) is 1. The van der Waals surface area contributed by atoms with E-state index in [1.54, 1.807) is 24.3 Å². The number of nitrogens with two attached hydrogens (primary N) is 1. The summed E-state index contributed by atoms with van der Waals surface area (Å²) in [6.45, 7) is 2.39. The molecular formula is C19H19BrFN5O2. The Bertz CT molecular complexity index is 1020. The molecule has 0 saturated heterocycles. The number of benzene rings is 2. The van der Waals surface area contributed by atoms with Crippen LogP contribution in [0.3, 0.4) is 0 Å². The summed E-state index contributed by atoms with van der Waals surface area (Å²) in [7, 11) is 0. The first-order chi connectivity index (χ1) is 13.4. The number of carbonyl (C=O) groups excluding carboxylic acids is 1. The van der Waals surface area contributed by atoms with Crippen LogP contribution in [-0.4, -0.2) is 29.0 Å². The van der Waals surface area contributed by atoms with Crippen LogP contribution in [0.5, 0.6) is 5.75 Å². The highest BCUT2D eigenvalue weighted by molar-refractivity contribution is 9.10. The van der Waals surface area contributed by atoms with Gasteiger partial charge in [-0.3, -0.25) is 4.79 Å². The molecule has 1 heterocycles. The van der Waals surface area contributed by atoms with E-state index in [2.05, 4.69) is 36.5 Å². The van der Waals surface area contributed by atoms with Gasteiger partial charge in [-0.05, 0) is 30.7 Å². The Morgan fingerprint density at radius 3 is 2.86 bits per heavy atom. The van der Waals surface area contributed by atoms with Gasteiger partial charge in [-0.25, -0.2) is 14.4 Å². The van der Waals surface area contributed by atoms with E-state index in [0.717, 1.165) is 0 Å². The van der Waals surface area contributed by atoms with Crippen LogP contribution in [0.1, 0.15) is 13.3 Å². The maximum absolute atomic E-state index is 14.1. The van der Waals surface area contributed by atoms with Crippen molar-refractivity contribution in [3.05, 3.63) is 46.9 Å². The lowest BCUT2D eigenvalue weighted by Crippen LogP contribution is -2.22. The van der Waals surface area contributed by atoms with Crippen molar-refractivity contribution in [2.24, 2.45) is 0 Å². The van der Waals surface area contributed by atoms with Crippen molar-refractivity contribution in [3.8, 4) is 5.75 Å². The van der Waals surface area contributed by atoms with Gasteiger partial charge in [0.05, 0.1) is 23.5 Å². The zero-order valence-corrected chi connectivity index (χ0v) is 16.7. The molecule has 28 heavy (non-hydrogen) atoms. The van der Waals surface area contributed by atoms with Crippen molar-refractivity contribution in [1.29, 1.82) is 0 Å². The molecule has 0 saturated carbocycles. The van der Waals surface area contributed by atoms with Gasteiger partial charge in [0.1, 0.15) is 23.7 Å². The van der Waals surface area contributed by atoms with Crippen LogP contribution >= 0.6 is 15.9 Å². The molecule has 3 aromatic rings. The van der Waals surface area contributed by atoms with Gasteiger partial charge in [-0.1, -0.05) is 15.9 Å². The van der Waals surface area contributed by atoms with Gasteiger partial charge in [0.2, 0.25) is 5.91 Å². The summed E-state index contributed by atoms with van der Waals surface area (Å²) in [5.41, 5.74) is 7.42. The van der Waals surface area contributed by atoms with Gasteiger partial charge in [0, 0.05) is 29.4 Å². The monoisotopic (exact) mass is 447 g/mol. The number of nitrogens with one attached hydrogen (secondary N) is 2. The fraction of sp³-hybridized carbons (Fsp3) is 0.211. The second-order valence-electron chi connectivity index (χ2n) is 6.06. The van der Waals surface area contributed by atoms with Crippen molar-refractivity contribution in [1.82, 2.24) is 15.3 Å². The lowest BCUT2D eigenvalue weighted by molar-refractivity contribution is -0.118. The number of aromatic nitrogens is 2. The summed E-state index contributed by atoms with van der Waals surface area (Å²) in [6.07, 6.45) is 2.04. The summed E-state index contributed by atoms with van der Waals surface area (Å²) >= 11 is 3.23. The topological polar surface area (TPSA) is 102 Å². The van der Waals surface area contributed by atoms with Crippen molar-refractivity contribution in [2.75, 3.05) is 24.2 Å². The maximum Gasteiger partial charge on any atom is 0.216 e. The van der Waals surface area contributed by atoms with Crippen molar-refractivity contribution in [3.63, 3.8) is 0 Å². The molecule has 0 unspecified atom stereocenters. The largest absolute Gasteiger partial charge is 0.491 e. The number of fused-ring (bicyclic) bond motifs is 1. The molecule has 0 aliphatic carbocycles. The van der Waals surface area contributed by atoms with Crippen LogP contribution in [-0.2, 0) is 4.79 Å². The number of hydrogen-bond acceptors (Lipinski definition) is 6. The molecule has 2 aromatic carbocycles. The normalized spacial score (nSPS) is 10.7. The van der Waals surface area contributed by atoms with Crippen molar-refractivity contribution >= 4 is 49.9 Å². The number of halogens is 2. The Balaban J connectivity index is 1.79. The second-order valence-corrected chi connectivity index (χ2v) is 6.98. The van der Waals surface area contributed by atoms with Crippen LogP contribution in [0.4, 0.5) is 21.6 Å². The Morgan fingerprint density at radius 2 is 2.11 bits per heavy atom. The average molecular weight is 448 g/mol. The molecule has 0 aliphatic heterocycles. The van der Waals surface area contributed by atoms with Gasteiger partial charge in [-0.15, -0.1) is 0 Å². The summed E-state index contributed by atoms with van der Waals surface area (Å²) in [6, 6.07) is 8.12. The number of amides is 1. The van der Waals surface area contributed by atoms with Gasteiger partial charge < -0.3 is 21.1 Å². The summed E-state index contributed by atoms with van der Waals surface area (Å²) in [5.74, 6) is 0.447. The first-order valence-electron chi connectivity index (χ1n) is 8.57. The maximum atomic E-state index is 14.1. The molecule has 9 heteroatoms. The van der Waals surface area contributed by atoms with E-state index in [9.17, 15) is 9.18 Å². The molecule has 146 valence electrons. The van der Waals surface area contributed by atoms with E-state index >= 15 is 0 Å². The predicted molar refractivity (Wildman–Crippen MR) is 110 cm³/mol. The molecule has 0 fully saturated rings. The van der Waals surface area contributed by atoms with E-state index in [4.69, 9.17) is 10.5 Å². The Labute approximate surface area is 169 Å². The standard InChI is InChI=1S/C19H19BrFN5O2/c1-11(27)23-5-2-6-28-18-9-17-13(8-15(18)22)19(25-10-24-17)26-16-4-3-12(20)7-14(16)21/h3-4,7-10H,2,5-6,22H2,1H3,(H,23,27)(H,24,25,26). The minimum absolute atomic E-state index is 0.0795. The SMILES string of the molecule is CC(=O)NCCCOc1cc2ncnc(Nc3ccc(Br)cc3F)c2cc1N. The van der Waals surface area contributed by atoms with Gasteiger partial charge >= 0.3 is 0 Å². The highest BCUT2D eigenvalue weighted by Crippen LogP contribution is 2.32. The zero-order chi connectivity index (χ0) is 20.1. The quantitative estimate of drug-likeness (QED) is 0.376. The lowest BCUT2D eigenvalue weighted by atomic mass is 10.2. The van der Waals surface area contributed by atoms with E-state index in [1.165, 1.54) is 19.3 Å². The first kappa shape index (κ1) is 19.8. The van der Waals surface area contributed by atoms with Crippen molar-refractivity contribution in [2.45, 2.75) is 13.3 Å². The number of rotatable bonds is 7. The Kier molecular flexibility index (Phi) is 6.25. The fourth-order valence-electron chi connectivity index (χ4n) is 2.56. The van der Waals surface area contributed by atoms with Crippen LogP contribution in [0.2, 0.25) is 0 Å². The fourth-order valence-corrected chi connectivity index (χ4v) is 2.90. The Morgan fingerprint density at radius 1 is 1.29 bits per heavy atom. The lowest BCUT2D eigenvalue weighted by Gasteiger charge is -2.13. The first-order valence-corrected chi connectivity index (χ1v) is 9.37. The third-order valence-corrected chi connectivity index (χ3v) is 4.40. The molecule has 0 radical (unpaired) electrons. The minimum Gasteiger partial charge on any atom is -0.491 e. The van der Waals surface area contributed by atoms with Gasteiger partial charge in [0.25, 0.3) is 0 Å². The molecule has 1 amide bonds. The number of carbonyl (C=O) groups is 1. The second kappa shape index (κ2) is 8.83. The third kappa shape index (κ3) is 4.86. The molecule has 1 aromatic heterocycles. The van der Waals surface area contributed by atoms with Crippen LogP contribution in [0.25, 0.3) is 10.9 Å². The predicted octanol–water partition coefficient (Wildman–Crippen LogP) is 3.76. The number of anilines is 3. The molecule has 0 bridgehead atoms. The number of hydrogen-bond donors (Lipinski definition) is 3. The Hall–Kier alpha value is -2.94. The summed E-state index contributed by atoms with van der Waals surface area (Å²) < 4.78 is 20.5. The molecule has 0 atom stereocenters. The van der Waals surface area contributed by atoms with Gasteiger partial charge in [0.15, 0.2) is 0 Å². The van der Waals surface area contributed by atoms with Gasteiger partial charge in [-0.2, -0.15) is 0 Å². The van der Waals surface area contributed by atoms with Crippen LogP contribution < -0.4 is 21.1 Å². The molecular weight excluding hydrogens is 429 g/mol. The molecule has 4 N–H and O–H groups in total. The van der Waals surface area contributed by atoms with E-state index in [0.29, 0.717) is 57.9 Å². The van der Waals surface area contributed by atoms with E-state index < -0.39 is 5.82 Å². The molecule has 7 nitrogen and oxygen atoms in total. The zero-order valence-electron chi connectivity index (χ0n) is 15.1. The molecule has 0 spiro atoms. The summed E-state index contributed by atoms with van der Waals surface area (Å²) in [4.78, 5) is 19.3.